The Bertz CT molecular complexity index is 229. The van der Waals surface area contributed by atoms with Crippen molar-refractivity contribution in [2.75, 3.05) is 26.8 Å². The standard InChI is InChI=1S/C8H14N2O3/c1-13-9-7(12)10-3-6-2-8(6,4-10)5-11/h6,11H,2-5H2,1H3,(H,9,12). The summed E-state index contributed by atoms with van der Waals surface area (Å²) >= 11 is 0. The first-order valence-corrected chi connectivity index (χ1v) is 4.40. The average molecular weight is 186 g/mol. The molecule has 2 fully saturated rings. The normalized spacial score (nSPS) is 35.8. The molecular weight excluding hydrogens is 172 g/mol. The van der Waals surface area contributed by atoms with Crippen molar-refractivity contribution >= 4 is 6.03 Å². The summed E-state index contributed by atoms with van der Waals surface area (Å²) < 4.78 is 0. The second kappa shape index (κ2) is 2.85. The van der Waals surface area contributed by atoms with Gasteiger partial charge in [0.1, 0.15) is 0 Å². The largest absolute Gasteiger partial charge is 0.396 e. The number of hydrogen-bond acceptors (Lipinski definition) is 3. The summed E-state index contributed by atoms with van der Waals surface area (Å²) in [5.41, 5.74) is 2.29. The number of aliphatic hydroxyl groups is 1. The van der Waals surface area contributed by atoms with Crippen LogP contribution in [0.4, 0.5) is 4.79 Å². The Labute approximate surface area is 76.6 Å². The topological polar surface area (TPSA) is 61.8 Å². The molecule has 0 spiro atoms. The number of amides is 2. The van der Waals surface area contributed by atoms with E-state index in [1.165, 1.54) is 7.11 Å². The van der Waals surface area contributed by atoms with Crippen LogP contribution in [0.15, 0.2) is 0 Å². The molecule has 0 aromatic heterocycles. The fourth-order valence-corrected chi connectivity index (χ4v) is 2.14. The van der Waals surface area contributed by atoms with Gasteiger partial charge in [-0.05, 0) is 12.3 Å². The summed E-state index contributed by atoms with van der Waals surface area (Å²) in [6, 6.07) is -0.206. The zero-order valence-corrected chi connectivity index (χ0v) is 7.62. The Morgan fingerprint density at radius 1 is 1.85 bits per heavy atom. The summed E-state index contributed by atoms with van der Waals surface area (Å²) in [4.78, 5) is 17.5. The van der Waals surface area contributed by atoms with Crippen molar-refractivity contribution in [3.8, 4) is 0 Å². The molecule has 2 amide bonds. The second-order valence-corrected chi connectivity index (χ2v) is 3.91. The van der Waals surface area contributed by atoms with E-state index in [1.54, 1.807) is 4.90 Å². The van der Waals surface area contributed by atoms with E-state index in [1.807, 2.05) is 0 Å². The molecule has 13 heavy (non-hydrogen) atoms. The molecule has 1 saturated heterocycles. The molecule has 74 valence electrons. The number of nitrogens with zero attached hydrogens (tertiary/aromatic N) is 1. The first kappa shape index (κ1) is 8.77. The Hall–Kier alpha value is -0.810. The third-order valence-corrected chi connectivity index (χ3v) is 3.10. The minimum Gasteiger partial charge on any atom is -0.396 e. The molecule has 0 aromatic rings. The van der Waals surface area contributed by atoms with Gasteiger partial charge in [-0.1, -0.05) is 0 Å². The van der Waals surface area contributed by atoms with E-state index >= 15 is 0 Å². The van der Waals surface area contributed by atoms with E-state index in [4.69, 9.17) is 5.11 Å². The van der Waals surface area contributed by atoms with Gasteiger partial charge in [-0.2, -0.15) is 0 Å². The molecule has 2 atom stereocenters. The first-order valence-electron chi connectivity index (χ1n) is 4.40. The van der Waals surface area contributed by atoms with Crippen molar-refractivity contribution in [3.63, 3.8) is 0 Å². The van der Waals surface area contributed by atoms with Gasteiger partial charge in [-0.3, -0.25) is 4.84 Å². The Morgan fingerprint density at radius 3 is 3.15 bits per heavy atom. The molecule has 1 heterocycles. The number of hydroxylamine groups is 1. The molecule has 1 saturated carbocycles. The van der Waals surface area contributed by atoms with Crippen LogP contribution in [0.5, 0.6) is 0 Å². The van der Waals surface area contributed by atoms with E-state index in [2.05, 4.69) is 10.3 Å². The quantitative estimate of drug-likeness (QED) is 0.575. The number of carbonyl (C=O) groups is 1. The molecule has 2 unspecified atom stereocenters. The van der Waals surface area contributed by atoms with Gasteiger partial charge in [0.05, 0.1) is 13.7 Å². The zero-order valence-electron chi connectivity index (χ0n) is 7.62. The van der Waals surface area contributed by atoms with Crippen molar-refractivity contribution in [1.29, 1.82) is 0 Å². The van der Waals surface area contributed by atoms with Crippen molar-refractivity contribution in [2.45, 2.75) is 6.42 Å². The molecular formula is C8H14N2O3. The van der Waals surface area contributed by atoms with Crippen molar-refractivity contribution < 1.29 is 14.7 Å². The highest BCUT2D eigenvalue weighted by molar-refractivity contribution is 5.73. The highest BCUT2D eigenvalue weighted by atomic mass is 16.6. The van der Waals surface area contributed by atoms with Crippen LogP contribution in [0.25, 0.3) is 0 Å². The monoisotopic (exact) mass is 186 g/mol. The van der Waals surface area contributed by atoms with Gasteiger partial charge in [-0.25, -0.2) is 10.3 Å². The maximum absolute atomic E-state index is 11.3. The lowest BCUT2D eigenvalue weighted by atomic mass is 10.1. The second-order valence-electron chi connectivity index (χ2n) is 3.91. The summed E-state index contributed by atoms with van der Waals surface area (Å²) in [6.45, 7) is 1.59. The van der Waals surface area contributed by atoms with Crippen LogP contribution in [0.2, 0.25) is 0 Å². The van der Waals surface area contributed by atoms with E-state index in [0.29, 0.717) is 12.5 Å². The number of urea groups is 1. The summed E-state index contributed by atoms with van der Waals surface area (Å²) in [7, 11) is 1.41. The van der Waals surface area contributed by atoms with Crippen LogP contribution in [0.1, 0.15) is 6.42 Å². The van der Waals surface area contributed by atoms with E-state index in [-0.39, 0.29) is 18.1 Å². The number of aliphatic hydroxyl groups excluding tert-OH is 1. The number of nitrogens with one attached hydrogen (secondary N) is 1. The predicted octanol–water partition coefficient (Wildman–Crippen LogP) is -0.428. The lowest BCUT2D eigenvalue weighted by Gasteiger charge is -2.19. The van der Waals surface area contributed by atoms with Gasteiger partial charge < -0.3 is 10.0 Å². The molecule has 5 nitrogen and oxygen atoms in total. The Morgan fingerprint density at radius 2 is 2.62 bits per heavy atom. The van der Waals surface area contributed by atoms with Crippen LogP contribution < -0.4 is 5.48 Å². The Kier molecular flexibility index (Phi) is 1.92. The van der Waals surface area contributed by atoms with E-state index in [0.717, 1.165) is 13.0 Å². The number of hydrogen-bond donors (Lipinski definition) is 2. The first-order chi connectivity index (χ1) is 6.22. The maximum Gasteiger partial charge on any atom is 0.341 e. The lowest BCUT2D eigenvalue weighted by Crippen LogP contribution is -2.40. The van der Waals surface area contributed by atoms with Crippen molar-refractivity contribution in [2.24, 2.45) is 11.3 Å². The lowest BCUT2D eigenvalue weighted by molar-refractivity contribution is 0.0860. The molecule has 2 rings (SSSR count). The molecule has 1 aliphatic carbocycles. The SMILES string of the molecule is CONC(=O)N1CC2CC2(CO)C1. The molecule has 1 aliphatic heterocycles. The Balaban J connectivity index is 1.89. The van der Waals surface area contributed by atoms with E-state index in [9.17, 15) is 4.79 Å². The minimum atomic E-state index is -0.206. The van der Waals surface area contributed by atoms with Gasteiger partial charge in [-0.15, -0.1) is 0 Å². The molecule has 2 aliphatic rings. The molecule has 0 radical (unpaired) electrons. The molecule has 2 N–H and O–H groups in total. The molecule has 5 heteroatoms. The van der Waals surface area contributed by atoms with Crippen molar-refractivity contribution in [3.05, 3.63) is 0 Å². The van der Waals surface area contributed by atoms with Gasteiger partial charge in [0, 0.05) is 18.5 Å². The third kappa shape index (κ3) is 1.28. The highest BCUT2D eigenvalue weighted by Gasteiger charge is 2.60. The van der Waals surface area contributed by atoms with Crippen LogP contribution in [-0.4, -0.2) is 42.8 Å². The maximum atomic E-state index is 11.3. The minimum absolute atomic E-state index is 0.0189. The van der Waals surface area contributed by atoms with Crippen LogP contribution in [-0.2, 0) is 4.84 Å². The smallest absolute Gasteiger partial charge is 0.341 e. The molecule has 0 aromatic carbocycles. The van der Waals surface area contributed by atoms with Gasteiger partial charge in [0.2, 0.25) is 0 Å². The number of fused-ring (bicyclic) bond motifs is 1. The number of carbonyl (C=O) groups excluding carboxylic acids is 1. The summed E-state index contributed by atoms with van der Waals surface area (Å²) in [5.74, 6) is 0.500. The molecule has 0 bridgehead atoms. The fraction of sp³-hybridized carbons (Fsp3) is 0.875. The van der Waals surface area contributed by atoms with Gasteiger partial charge in [0.15, 0.2) is 0 Å². The summed E-state index contributed by atoms with van der Waals surface area (Å²) in [5, 5.41) is 9.11. The van der Waals surface area contributed by atoms with Crippen LogP contribution in [0.3, 0.4) is 0 Å². The van der Waals surface area contributed by atoms with Gasteiger partial charge in [0.25, 0.3) is 0 Å². The predicted molar refractivity (Wildman–Crippen MR) is 44.7 cm³/mol. The number of rotatable bonds is 2. The number of likely N-dealkylation sites (tertiary alicyclic amines) is 1. The summed E-state index contributed by atoms with van der Waals surface area (Å²) in [6.07, 6.45) is 1.06. The third-order valence-electron chi connectivity index (χ3n) is 3.10. The fourth-order valence-electron chi connectivity index (χ4n) is 2.14. The highest BCUT2D eigenvalue weighted by Crippen LogP contribution is 2.57. The average Bonchev–Trinajstić information content (AvgIpc) is 2.70. The van der Waals surface area contributed by atoms with Crippen molar-refractivity contribution in [1.82, 2.24) is 10.4 Å². The van der Waals surface area contributed by atoms with Gasteiger partial charge >= 0.3 is 6.03 Å². The van der Waals surface area contributed by atoms with E-state index < -0.39 is 0 Å². The van der Waals surface area contributed by atoms with Crippen LogP contribution in [0, 0.1) is 11.3 Å². The number of piperidine rings is 1. The van der Waals surface area contributed by atoms with Crippen LogP contribution >= 0.6 is 0 Å². The zero-order chi connectivity index (χ0) is 9.47.